The van der Waals surface area contributed by atoms with Gasteiger partial charge in [-0.25, -0.2) is 8.42 Å². The number of hydrogen-bond acceptors (Lipinski definition) is 4. The molecule has 0 radical (unpaired) electrons. The summed E-state index contributed by atoms with van der Waals surface area (Å²) in [6, 6.07) is 22.5. The summed E-state index contributed by atoms with van der Waals surface area (Å²) < 4.78 is 32.6. The van der Waals surface area contributed by atoms with Gasteiger partial charge in [0.1, 0.15) is 5.75 Å². The molecule has 0 atom stereocenters. The van der Waals surface area contributed by atoms with Crippen LogP contribution in [0.1, 0.15) is 23.2 Å². The lowest BCUT2D eigenvalue weighted by Gasteiger charge is -2.16. The minimum Gasteiger partial charge on any atom is -0.455 e. The number of nitrogens with zero attached hydrogens (tertiary/aromatic N) is 1. The second-order valence-electron chi connectivity index (χ2n) is 7.00. The lowest BCUT2D eigenvalue weighted by molar-refractivity contribution is 0.102. The molecule has 30 heavy (non-hydrogen) atoms. The molecule has 1 aliphatic heterocycles. The van der Waals surface area contributed by atoms with E-state index in [1.165, 1.54) is 28.6 Å². The molecule has 1 N–H and O–H groups in total. The summed E-state index contributed by atoms with van der Waals surface area (Å²) in [5.41, 5.74) is 0.894. The Morgan fingerprint density at radius 1 is 0.833 bits per heavy atom. The van der Waals surface area contributed by atoms with Crippen LogP contribution < -0.4 is 10.1 Å². The van der Waals surface area contributed by atoms with Crippen molar-refractivity contribution in [2.45, 2.75) is 17.7 Å². The number of amides is 1. The first-order valence-electron chi connectivity index (χ1n) is 9.77. The Hall–Kier alpha value is -3.16. The van der Waals surface area contributed by atoms with Gasteiger partial charge in [-0.15, -0.1) is 0 Å². The summed E-state index contributed by atoms with van der Waals surface area (Å²) in [6.07, 6.45) is 1.76. The highest BCUT2D eigenvalue weighted by atomic mass is 32.2. The van der Waals surface area contributed by atoms with Gasteiger partial charge in [-0.3, -0.25) is 4.79 Å². The zero-order valence-electron chi connectivity index (χ0n) is 16.3. The molecule has 7 heteroatoms. The number of carbonyl (C=O) groups excluding carboxylic acids is 1. The molecule has 1 aliphatic rings. The van der Waals surface area contributed by atoms with Crippen molar-refractivity contribution < 1.29 is 17.9 Å². The predicted molar refractivity (Wildman–Crippen MR) is 115 cm³/mol. The van der Waals surface area contributed by atoms with Crippen molar-refractivity contribution in [1.82, 2.24) is 4.31 Å². The van der Waals surface area contributed by atoms with Gasteiger partial charge in [0.2, 0.25) is 10.0 Å². The molecule has 1 fully saturated rings. The van der Waals surface area contributed by atoms with Crippen molar-refractivity contribution in [3.8, 4) is 11.5 Å². The second kappa shape index (κ2) is 8.69. The number of rotatable bonds is 6. The molecule has 0 bridgehead atoms. The third-order valence-corrected chi connectivity index (χ3v) is 6.84. The molecule has 0 spiro atoms. The molecular weight excluding hydrogens is 400 g/mol. The van der Waals surface area contributed by atoms with Crippen molar-refractivity contribution in [1.29, 1.82) is 0 Å². The fourth-order valence-electron chi connectivity index (χ4n) is 3.32. The average molecular weight is 423 g/mol. The van der Waals surface area contributed by atoms with Crippen molar-refractivity contribution in [3.63, 3.8) is 0 Å². The highest BCUT2D eigenvalue weighted by Gasteiger charge is 2.27. The third kappa shape index (κ3) is 4.37. The quantitative estimate of drug-likeness (QED) is 0.634. The first-order valence-corrected chi connectivity index (χ1v) is 11.2. The molecule has 1 amide bonds. The lowest BCUT2D eigenvalue weighted by Crippen LogP contribution is -2.27. The number of benzene rings is 3. The highest BCUT2D eigenvalue weighted by molar-refractivity contribution is 7.89. The van der Waals surface area contributed by atoms with Crippen LogP contribution in [0.3, 0.4) is 0 Å². The SMILES string of the molecule is O=C(Nc1ccccc1Oc1ccccc1)c1ccc(S(=O)(=O)N2CCCC2)cc1. The number of anilines is 1. The van der Waals surface area contributed by atoms with E-state index in [9.17, 15) is 13.2 Å². The molecule has 0 saturated carbocycles. The summed E-state index contributed by atoms with van der Waals surface area (Å²) in [6.45, 7) is 1.09. The maximum Gasteiger partial charge on any atom is 0.255 e. The summed E-state index contributed by atoms with van der Waals surface area (Å²) in [4.78, 5) is 12.9. The average Bonchev–Trinajstić information content (AvgIpc) is 3.32. The monoisotopic (exact) mass is 422 g/mol. The molecule has 0 aliphatic carbocycles. The molecule has 1 heterocycles. The number of carbonyl (C=O) groups is 1. The normalized spacial score (nSPS) is 14.4. The molecule has 6 nitrogen and oxygen atoms in total. The van der Waals surface area contributed by atoms with Crippen LogP contribution in [0.5, 0.6) is 11.5 Å². The minimum atomic E-state index is -3.50. The Labute approximate surface area is 176 Å². The molecule has 154 valence electrons. The topological polar surface area (TPSA) is 75.7 Å². The van der Waals surface area contributed by atoms with Gasteiger partial charge in [-0.05, 0) is 61.4 Å². The Morgan fingerprint density at radius 3 is 2.17 bits per heavy atom. The largest absolute Gasteiger partial charge is 0.455 e. The van der Waals surface area contributed by atoms with E-state index in [0.717, 1.165) is 12.8 Å². The number of para-hydroxylation sites is 3. The summed E-state index contributed by atoms with van der Waals surface area (Å²) >= 11 is 0. The van der Waals surface area contributed by atoms with E-state index in [4.69, 9.17) is 4.74 Å². The lowest BCUT2D eigenvalue weighted by atomic mass is 10.2. The van der Waals surface area contributed by atoms with Crippen molar-refractivity contribution in [2.24, 2.45) is 0 Å². The predicted octanol–water partition coefficient (Wildman–Crippen LogP) is 4.52. The van der Waals surface area contributed by atoms with Gasteiger partial charge in [0.15, 0.2) is 5.75 Å². The van der Waals surface area contributed by atoms with Gasteiger partial charge in [0.05, 0.1) is 10.6 Å². The van der Waals surface area contributed by atoms with Crippen LogP contribution in [0, 0.1) is 0 Å². The van der Waals surface area contributed by atoms with Crippen molar-refractivity contribution >= 4 is 21.6 Å². The molecule has 3 aromatic carbocycles. The van der Waals surface area contributed by atoms with Crippen LogP contribution in [0.15, 0.2) is 83.8 Å². The third-order valence-electron chi connectivity index (χ3n) is 4.93. The van der Waals surface area contributed by atoms with Crippen molar-refractivity contribution in [3.05, 3.63) is 84.4 Å². The second-order valence-corrected chi connectivity index (χ2v) is 8.94. The fraction of sp³-hybridized carbons (Fsp3) is 0.174. The summed E-state index contributed by atoms with van der Waals surface area (Å²) in [7, 11) is -3.50. The molecule has 0 unspecified atom stereocenters. The highest BCUT2D eigenvalue weighted by Crippen LogP contribution is 2.29. The Kier molecular flexibility index (Phi) is 5.83. The van der Waals surface area contributed by atoms with Gasteiger partial charge in [-0.2, -0.15) is 4.31 Å². The maximum absolute atomic E-state index is 12.7. The van der Waals surface area contributed by atoms with Crippen LogP contribution in [-0.2, 0) is 10.0 Å². The Balaban J connectivity index is 1.49. The van der Waals surface area contributed by atoms with E-state index < -0.39 is 10.0 Å². The van der Waals surface area contributed by atoms with E-state index in [-0.39, 0.29) is 10.8 Å². The number of hydrogen-bond donors (Lipinski definition) is 1. The van der Waals surface area contributed by atoms with Gasteiger partial charge < -0.3 is 10.1 Å². The van der Waals surface area contributed by atoms with Crippen LogP contribution in [0.25, 0.3) is 0 Å². The first kappa shape index (κ1) is 20.1. The van der Waals surface area contributed by atoms with Crippen LogP contribution in [-0.4, -0.2) is 31.7 Å². The summed E-state index contributed by atoms with van der Waals surface area (Å²) in [5.74, 6) is 0.838. The molecule has 1 saturated heterocycles. The van der Waals surface area contributed by atoms with Gasteiger partial charge in [-0.1, -0.05) is 30.3 Å². The van der Waals surface area contributed by atoms with Gasteiger partial charge >= 0.3 is 0 Å². The fourth-order valence-corrected chi connectivity index (χ4v) is 4.84. The Bertz CT molecular complexity index is 1120. The number of nitrogens with one attached hydrogen (secondary N) is 1. The van der Waals surface area contributed by atoms with Crippen LogP contribution in [0.4, 0.5) is 5.69 Å². The number of sulfonamides is 1. The smallest absolute Gasteiger partial charge is 0.255 e. The first-order chi connectivity index (χ1) is 14.5. The van der Waals surface area contributed by atoms with E-state index in [1.807, 2.05) is 36.4 Å². The van der Waals surface area contributed by atoms with Gasteiger partial charge in [0, 0.05) is 18.7 Å². The van der Waals surface area contributed by atoms with Crippen LogP contribution in [0.2, 0.25) is 0 Å². The molecular formula is C23H22N2O4S. The minimum absolute atomic E-state index is 0.203. The molecule has 4 rings (SSSR count). The van der Waals surface area contributed by atoms with E-state index in [1.54, 1.807) is 18.2 Å². The molecule has 3 aromatic rings. The van der Waals surface area contributed by atoms with Crippen LogP contribution >= 0.6 is 0 Å². The zero-order chi connectivity index (χ0) is 21.0. The summed E-state index contributed by atoms with van der Waals surface area (Å²) in [5, 5.41) is 2.84. The Morgan fingerprint density at radius 2 is 1.47 bits per heavy atom. The molecule has 0 aromatic heterocycles. The number of ether oxygens (including phenoxy) is 1. The van der Waals surface area contributed by atoms with E-state index in [2.05, 4.69) is 5.32 Å². The van der Waals surface area contributed by atoms with Crippen molar-refractivity contribution in [2.75, 3.05) is 18.4 Å². The van der Waals surface area contributed by atoms with E-state index in [0.29, 0.717) is 35.8 Å². The zero-order valence-corrected chi connectivity index (χ0v) is 17.1. The van der Waals surface area contributed by atoms with Gasteiger partial charge in [0.25, 0.3) is 5.91 Å². The van der Waals surface area contributed by atoms with E-state index >= 15 is 0 Å². The standard InChI is InChI=1S/C23H22N2O4S/c26-23(18-12-14-20(15-13-18)30(27,28)25-16-6-7-17-25)24-21-10-4-5-11-22(21)29-19-8-2-1-3-9-19/h1-5,8-15H,6-7,16-17H2,(H,24,26). The maximum atomic E-state index is 12.7.